The molecule has 0 bridgehead atoms. The molecule has 3 heterocycles. The Morgan fingerprint density at radius 3 is 2.54 bits per heavy atom. The third kappa shape index (κ3) is 5.56. The molecule has 0 radical (unpaired) electrons. The number of aromatic hydroxyl groups is 1. The lowest BCUT2D eigenvalue weighted by Gasteiger charge is -2.52. The van der Waals surface area contributed by atoms with E-state index in [9.17, 15) is 24.6 Å². The Morgan fingerprint density at radius 2 is 1.85 bits per heavy atom. The average molecular weight is 635 g/mol. The second-order valence-corrected chi connectivity index (χ2v) is 12.1. The Bertz CT molecular complexity index is 1700. The molecular weight excluding hydrogens is 596 g/mol. The number of nitrogens with one attached hydrogen (secondary N) is 1. The second kappa shape index (κ2) is 12.7. The fraction of sp³-hybridized carbons (Fsp3) is 0.441. The molecule has 1 saturated carbocycles. The van der Waals surface area contributed by atoms with Gasteiger partial charge in [-0.05, 0) is 72.6 Å². The van der Waals surface area contributed by atoms with E-state index in [0.29, 0.717) is 12.0 Å². The highest BCUT2D eigenvalue weighted by Gasteiger charge is 2.54. The standard InChI is InChI=1S/C34H38N2O10/c1-42-19-6-7-20-21-9-10-36-16-18-13-27(46-28(37)8-5-17-11-23(33(39)40)31(38)26(12-17)43-2)32(44-3)29(34(41)45-4)22(18)15-25(36)30(21)35-24(20)14-19/h5-8,11-12,14,18,22,25,27,29,32,35,38H,9-10,13,15-16H2,1-4H3,(H,39,40)/b8-5+/t18-,22+,25-,27-,29+,32+/m1/s1. The summed E-state index contributed by atoms with van der Waals surface area (Å²) in [6, 6.07) is 8.82. The summed E-state index contributed by atoms with van der Waals surface area (Å²) in [6.07, 6.45) is 3.24. The van der Waals surface area contributed by atoms with Crippen molar-refractivity contribution in [2.75, 3.05) is 41.5 Å². The number of carboxylic acids is 1. The van der Waals surface area contributed by atoms with Crippen LogP contribution in [0, 0.1) is 17.8 Å². The van der Waals surface area contributed by atoms with Gasteiger partial charge in [-0.1, -0.05) is 0 Å². The molecule has 2 fully saturated rings. The normalized spacial score (nSPS) is 25.7. The van der Waals surface area contributed by atoms with Crippen LogP contribution in [-0.2, 0) is 30.2 Å². The number of fused-ring (bicyclic) bond motifs is 6. The van der Waals surface area contributed by atoms with Crippen molar-refractivity contribution in [2.45, 2.75) is 37.5 Å². The number of aromatic amines is 1. The summed E-state index contributed by atoms with van der Waals surface area (Å²) in [5.74, 6) is -2.83. The number of carbonyl (C=O) groups excluding carboxylic acids is 2. The van der Waals surface area contributed by atoms with Crippen molar-refractivity contribution in [1.29, 1.82) is 0 Å². The molecule has 244 valence electrons. The minimum absolute atomic E-state index is 0.0424. The van der Waals surface area contributed by atoms with E-state index in [0.717, 1.165) is 37.2 Å². The highest BCUT2D eigenvalue weighted by molar-refractivity contribution is 5.94. The zero-order valence-corrected chi connectivity index (χ0v) is 26.1. The summed E-state index contributed by atoms with van der Waals surface area (Å²) < 4.78 is 27.6. The lowest BCUT2D eigenvalue weighted by atomic mass is 9.63. The van der Waals surface area contributed by atoms with Crippen molar-refractivity contribution in [3.8, 4) is 17.2 Å². The van der Waals surface area contributed by atoms with E-state index >= 15 is 0 Å². The number of phenols is 1. The highest BCUT2D eigenvalue weighted by Crippen LogP contribution is 2.50. The van der Waals surface area contributed by atoms with Gasteiger partial charge in [-0.15, -0.1) is 0 Å². The fourth-order valence-corrected chi connectivity index (χ4v) is 7.75. The Labute approximate surface area is 265 Å². The first-order chi connectivity index (χ1) is 22.2. The van der Waals surface area contributed by atoms with Crippen LogP contribution in [0.1, 0.15) is 46.1 Å². The Balaban J connectivity index is 1.24. The Hall–Kier alpha value is -4.55. The predicted molar refractivity (Wildman–Crippen MR) is 166 cm³/mol. The first kappa shape index (κ1) is 31.4. The van der Waals surface area contributed by atoms with Crippen LogP contribution >= 0.6 is 0 Å². The maximum absolute atomic E-state index is 13.4. The molecular formula is C34H38N2O10. The summed E-state index contributed by atoms with van der Waals surface area (Å²) >= 11 is 0. The first-order valence-corrected chi connectivity index (χ1v) is 15.2. The van der Waals surface area contributed by atoms with Crippen LogP contribution in [0.15, 0.2) is 36.4 Å². The van der Waals surface area contributed by atoms with Crippen LogP contribution in [0.2, 0.25) is 0 Å². The number of piperidine rings is 1. The van der Waals surface area contributed by atoms with E-state index in [-0.39, 0.29) is 29.2 Å². The van der Waals surface area contributed by atoms with E-state index < -0.39 is 41.8 Å². The summed E-state index contributed by atoms with van der Waals surface area (Å²) in [5, 5.41) is 20.7. The number of benzene rings is 2. The SMILES string of the molecule is COC(=O)[C@H]1[C@H]2C[C@@H]3c4[nH]c5cc(OC)ccc5c4CCN3C[C@H]2C[C@@H](OC(=O)/C=C/c2cc(OC)c(O)c(C(=O)O)c2)[C@@H]1OC. The average Bonchev–Trinajstić information content (AvgIpc) is 3.44. The lowest BCUT2D eigenvalue weighted by Crippen LogP contribution is -2.58. The summed E-state index contributed by atoms with van der Waals surface area (Å²) in [4.78, 5) is 44.1. The largest absolute Gasteiger partial charge is 0.504 e. The number of carboxylic acid groups (broad SMARTS) is 1. The van der Waals surface area contributed by atoms with Gasteiger partial charge in [-0.2, -0.15) is 0 Å². The van der Waals surface area contributed by atoms with Gasteiger partial charge in [0.15, 0.2) is 11.5 Å². The number of esters is 2. The van der Waals surface area contributed by atoms with Gasteiger partial charge in [-0.25, -0.2) is 9.59 Å². The maximum atomic E-state index is 13.4. The number of methoxy groups -OCH3 is 4. The van der Waals surface area contributed by atoms with Crippen molar-refractivity contribution in [2.24, 2.45) is 17.8 Å². The quantitative estimate of drug-likeness (QED) is 0.243. The molecule has 12 heteroatoms. The number of carbonyl (C=O) groups is 3. The molecule has 2 aromatic carbocycles. The van der Waals surface area contributed by atoms with Gasteiger partial charge < -0.3 is 38.9 Å². The molecule has 0 spiro atoms. The van der Waals surface area contributed by atoms with E-state index in [1.807, 2.05) is 12.1 Å². The third-order valence-corrected chi connectivity index (χ3v) is 9.83. The van der Waals surface area contributed by atoms with Crippen molar-refractivity contribution < 1.29 is 48.3 Å². The zero-order chi connectivity index (χ0) is 32.7. The molecule has 3 N–H and O–H groups in total. The molecule has 0 unspecified atom stereocenters. The van der Waals surface area contributed by atoms with Crippen LogP contribution in [0.5, 0.6) is 17.2 Å². The lowest BCUT2D eigenvalue weighted by molar-refractivity contribution is -0.187. The molecule has 46 heavy (non-hydrogen) atoms. The molecule has 12 nitrogen and oxygen atoms in total. The number of aromatic carboxylic acids is 1. The van der Waals surface area contributed by atoms with Crippen molar-refractivity contribution >= 4 is 34.9 Å². The molecule has 0 amide bonds. The van der Waals surface area contributed by atoms with E-state index in [1.165, 1.54) is 62.3 Å². The Morgan fingerprint density at radius 1 is 1.04 bits per heavy atom. The van der Waals surface area contributed by atoms with Crippen LogP contribution in [-0.4, -0.2) is 91.7 Å². The van der Waals surface area contributed by atoms with Gasteiger partial charge in [-0.3, -0.25) is 9.69 Å². The number of ether oxygens (including phenoxy) is 5. The van der Waals surface area contributed by atoms with Crippen molar-refractivity contribution in [3.05, 3.63) is 58.8 Å². The van der Waals surface area contributed by atoms with Crippen LogP contribution in [0.25, 0.3) is 17.0 Å². The van der Waals surface area contributed by atoms with Crippen molar-refractivity contribution in [3.63, 3.8) is 0 Å². The molecule has 6 atom stereocenters. The molecule has 1 saturated heterocycles. The minimum atomic E-state index is -1.34. The predicted octanol–water partition coefficient (Wildman–Crippen LogP) is 3.96. The number of H-pyrrole nitrogens is 1. The van der Waals surface area contributed by atoms with Gasteiger partial charge in [0.2, 0.25) is 0 Å². The van der Waals surface area contributed by atoms with E-state index in [1.54, 1.807) is 7.11 Å². The second-order valence-electron chi connectivity index (χ2n) is 12.1. The minimum Gasteiger partial charge on any atom is -0.504 e. The van der Waals surface area contributed by atoms with Gasteiger partial charge in [0.05, 0.1) is 33.3 Å². The number of rotatable bonds is 8. The number of hydrogen-bond donors (Lipinski definition) is 3. The highest BCUT2D eigenvalue weighted by atomic mass is 16.6. The molecule has 2 aliphatic heterocycles. The van der Waals surface area contributed by atoms with Gasteiger partial charge in [0.1, 0.15) is 23.5 Å². The van der Waals surface area contributed by atoms with Crippen LogP contribution in [0.3, 0.4) is 0 Å². The third-order valence-electron chi connectivity index (χ3n) is 9.83. The molecule has 1 aliphatic carbocycles. The summed E-state index contributed by atoms with van der Waals surface area (Å²) in [5.41, 5.74) is 3.45. The fourth-order valence-electron chi connectivity index (χ4n) is 7.75. The number of nitrogens with zero attached hydrogens (tertiary/aromatic N) is 1. The van der Waals surface area contributed by atoms with Crippen molar-refractivity contribution in [1.82, 2.24) is 9.88 Å². The zero-order valence-electron chi connectivity index (χ0n) is 26.1. The smallest absolute Gasteiger partial charge is 0.339 e. The summed E-state index contributed by atoms with van der Waals surface area (Å²) in [7, 11) is 5.82. The number of aromatic nitrogens is 1. The van der Waals surface area contributed by atoms with Gasteiger partial charge in [0, 0.05) is 48.9 Å². The first-order valence-electron chi connectivity index (χ1n) is 15.2. The molecule has 6 rings (SSSR count). The van der Waals surface area contributed by atoms with E-state index in [2.05, 4.69) is 16.0 Å². The van der Waals surface area contributed by atoms with Gasteiger partial charge in [0.25, 0.3) is 0 Å². The topological polar surface area (TPSA) is 157 Å². The van der Waals surface area contributed by atoms with Gasteiger partial charge >= 0.3 is 17.9 Å². The maximum Gasteiger partial charge on any atom is 0.339 e. The van der Waals surface area contributed by atoms with E-state index in [4.69, 9.17) is 23.7 Å². The molecule has 3 aromatic rings. The Kier molecular flexibility index (Phi) is 8.67. The number of hydrogen-bond acceptors (Lipinski definition) is 10. The summed E-state index contributed by atoms with van der Waals surface area (Å²) in [6.45, 7) is 1.60. The molecule has 3 aliphatic rings. The molecule has 1 aromatic heterocycles. The van der Waals surface area contributed by atoms with Crippen LogP contribution < -0.4 is 9.47 Å². The monoisotopic (exact) mass is 634 g/mol. The van der Waals surface area contributed by atoms with Crippen LogP contribution in [0.4, 0.5) is 0 Å².